The highest BCUT2D eigenvalue weighted by Gasteiger charge is 2.10. The van der Waals surface area contributed by atoms with Gasteiger partial charge in [-0.1, -0.05) is 12.1 Å². The molecule has 1 atom stereocenters. The molecule has 0 radical (unpaired) electrons. The van der Waals surface area contributed by atoms with E-state index in [-0.39, 0.29) is 47.9 Å². The van der Waals surface area contributed by atoms with Crippen molar-refractivity contribution >= 4 is 35.8 Å². The fraction of sp³-hybridized carbons (Fsp3) is 0.368. The molecule has 0 spiro atoms. The Morgan fingerprint density at radius 1 is 1.17 bits per heavy atom. The largest absolute Gasteiger partial charge is 0.459 e. The van der Waals surface area contributed by atoms with Crippen LogP contribution in [0.25, 0.3) is 0 Å². The van der Waals surface area contributed by atoms with Gasteiger partial charge in [0.05, 0.1) is 18.9 Å². The summed E-state index contributed by atoms with van der Waals surface area (Å²) in [7, 11) is 0. The average Bonchev–Trinajstić information content (AvgIpc) is 3.24. The molecular weight excluding hydrogens is 513 g/mol. The second-order valence-electron chi connectivity index (χ2n) is 5.84. The van der Waals surface area contributed by atoms with Gasteiger partial charge in [-0.25, -0.2) is 0 Å². The molecule has 0 saturated heterocycles. The summed E-state index contributed by atoms with van der Waals surface area (Å²) in [5.74, 6) is 0.412. The highest BCUT2D eigenvalue weighted by atomic mass is 127. The summed E-state index contributed by atoms with van der Waals surface area (Å²) in [6.07, 6.45) is 0.512. The Kier molecular flexibility index (Phi) is 11.7. The lowest BCUT2D eigenvalue weighted by Crippen LogP contribution is -2.41. The predicted octanol–water partition coefficient (Wildman–Crippen LogP) is 2.52. The van der Waals surface area contributed by atoms with Crippen LogP contribution in [0.4, 0.5) is 8.78 Å². The van der Waals surface area contributed by atoms with Crippen LogP contribution in [0.5, 0.6) is 5.75 Å². The molecule has 8 nitrogen and oxygen atoms in total. The Bertz CT molecular complexity index is 773. The smallest absolute Gasteiger partial charge is 0.387 e. The number of hydrogen-bond acceptors (Lipinski definition) is 5. The molecule has 30 heavy (non-hydrogen) atoms. The zero-order valence-corrected chi connectivity index (χ0v) is 18.6. The molecule has 0 aliphatic carbocycles. The Morgan fingerprint density at radius 3 is 2.47 bits per heavy atom. The molecule has 2 rings (SSSR count). The van der Waals surface area contributed by atoms with E-state index in [4.69, 9.17) is 4.42 Å². The molecule has 0 bridgehead atoms. The SMILES string of the molecule is CCNC(=NCC(O)c1ccc(OC(F)F)cc1)NCCNC(=O)c1ccco1.I. The number of aliphatic hydroxyl groups is 1. The van der Waals surface area contributed by atoms with Gasteiger partial charge in [0.15, 0.2) is 11.7 Å². The molecular formula is C19H25F2IN4O4. The Morgan fingerprint density at radius 2 is 1.87 bits per heavy atom. The van der Waals surface area contributed by atoms with Crippen molar-refractivity contribution < 1.29 is 27.8 Å². The van der Waals surface area contributed by atoms with Crippen molar-refractivity contribution in [2.24, 2.45) is 4.99 Å². The van der Waals surface area contributed by atoms with Crippen LogP contribution in [0, 0.1) is 0 Å². The van der Waals surface area contributed by atoms with Crippen molar-refractivity contribution in [1.82, 2.24) is 16.0 Å². The van der Waals surface area contributed by atoms with E-state index in [0.717, 1.165) is 0 Å². The molecule has 11 heteroatoms. The molecule has 0 aliphatic heterocycles. The number of guanidine groups is 1. The number of rotatable bonds is 10. The Balaban J connectivity index is 0.00000450. The number of nitrogens with one attached hydrogen (secondary N) is 3. The number of aliphatic imine (C=N–C) groups is 1. The standard InChI is InChI=1S/C19H24F2N4O4.HI/c1-2-22-19(24-10-9-23-17(27)16-4-3-11-28-16)25-12-15(26)13-5-7-14(8-6-13)29-18(20)21;/h3-8,11,15,18,26H,2,9-10,12H2,1H3,(H,23,27)(H2,22,24,25);1H. The summed E-state index contributed by atoms with van der Waals surface area (Å²) < 4.78 is 33.6. The molecule has 1 aromatic carbocycles. The lowest BCUT2D eigenvalue weighted by Gasteiger charge is -2.14. The van der Waals surface area contributed by atoms with E-state index in [9.17, 15) is 18.7 Å². The zero-order valence-electron chi connectivity index (χ0n) is 16.3. The quantitative estimate of drug-likeness (QED) is 0.160. The van der Waals surface area contributed by atoms with Crippen LogP contribution < -0.4 is 20.7 Å². The van der Waals surface area contributed by atoms with Crippen molar-refractivity contribution in [3.63, 3.8) is 0 Å². The number of alkyl halides is 2. The minimum Gasteiger partial charge on any atom is -0.459 e. The van der Waals surface area contributed by atoms with Gasteiger partial charge < -0.3 is 30.2 Å². The number of ether oxygens (including phenoxy) is 1. The van der Waals surface area contributed by atoms with E-state index in [0.29, 0.717) is 31.2 Å². The summed E-state index contributed by atoms with van der Waals surface area (Å²) in [5.41, 5.74) is 0.525. The summed E-state index contributed by atoms with van der Waals surface area (Å²) in [6.45, 7) is 0.428. The summed E-state index contributed by atoms with van der Waals surface area (Å²) in [6, 6.07) is 8.93. The topological polar surface area (TPSA) is 108 Å². The van der Waals surface area contributed by atoms with Crippen LogP contribution in [0.15, 0.2) is 52.1 Å². The monoisotopic (exact) mass is 538 g/mol. The fourth-order valence-corrected chi connectivity index (χ4v) is 2.35. The predicted molar refractivity (Wildman–Crippen MR) is 118 cm³/mol. The molecule has 0 saturated carbocycles. The molecule has 2 aromatic rings. The first-order chi connectivity index (χ1) is 14.0. The van der Waals surface area contributed by atoms with Crippen LogP contribution >= 0.6 is 24.0 Å². The number of nitrogens with zero attached hydrogens (tertiary/aromatic N) is 1. The summed E-state index contributed by atoms with van der Waals surface area (Å²) in [5, 5.41) is 19.0. The van der Waals surface area contributed by atoms with Gasteiger partial charge in [-0.15, -0.1) is 24.0 Å². The van der Waals surface area contributed by atoms with Gasteiger partial charge in [-0.05, 0) is 36.8 Å². The second-order valence-corrected chi connectivity index (χ2v) is 5.84. The third-order valence-corrected chi connectivity index (χ3v) is 3.70. The van der Waals surface area contributed by atoms with Crippen LogP contribution in [-0.4, -0.2) is 49.8 Å². The van der Waals surface area contributed by atoms with Gasteiger partial charge in [0.1, 0.15) is 5.75 Å². The van der Waals surface area contributed by atoms with Gasteiger partial charge >= 0.3 is 6.61 Å². The number of hydrogen-bond donors (Lipinski definition) is 4. The second kappa shape index (κ2) is 13.7. The number of carbonyl (C=O) groups excluding carboxylic acids is 1. The number of aliphatic hydroxyl groups excluding tert-OH is 1. The van der Waals surface area contributed by atoms with Crippen LogP contribution in [-0.2, 0) is 0 Å². The Labute approximate surface area is 190 Å². The first-order valence-corrected chi connectivity index (χ1v) is 9.06. The van der Waals surface area contributed by atoms with Crippen molar-refractivity contribution in [2.45, 2.75) is 19.6 Å². The lowest BCUT2D eigenvalue weighted by molar-refractivity contribution is -0.0498. The zero-order chi connectivity index (χ0) is 21.1. The van der Waals surface area contributed by atoms with Gasteiger partial charge in [-0.3, -0.25) is 9.79 Å². The van der Waals surface area contributed by atoms with E-state index in [1.165, 1.54) is 30.5 Å². The fourth-order valence-electron chi connectivity index (χ4n) is 2.35. The number of halogens is 3. The molecule has 1 aromatic heterocycles. The number of benzene rings is 1. The van der Waals surface area contributed by atoms with Crippen LogP contribution in [0.1, 0.15) is 29.1 Å². The van der Waals surface area contributed by atoms with Gasteiger partial charge in [-0.2, -0.15) is 8.78 Å². The van der Waals surface area contributed by atoms with Crippen molar-refractivity contribution in [2.75, 3.05) is 26.2 Å². The number of amides is 1. The third kappa shape index (κ3) is 8.95. The minimum absolute atomic E-state index is 0. The van der Waals surface area contributed by atoms with Crippen molar-refractivity contribution in [3.05, 3.63) is 54.0 Å². The van der Waals surface area contributed by atoms with E-state index >= 15 is 0 Å². The first-order valence-electron chi connectivity index (χ1n) is 9.06. The maximum atomic E-state index is 12.2. The van der Waals surface area contributed by atoms with Gasteiger partial charge in [0, 0.05) is 19.6 Å². The van der Waals surface area contributed by atoms with Gasteiger partial charge in [0.2, 0.25) is 0 Å². The molecule has 1 amide bonds. The van der Waals surface area contributed by atoms with E-state index in [2.05, 4.69) is 25.7 Å². The highest BCUT2D eigenvalue weighted by molar-refractivity contribution is 14.0. The summed E-state index contributed by atoms with van der Waals surface area (Å²) >= 11 is 0. The lowest BCUT2D eigenvalue weighted by atomic mass is 10.1. The van der Waals surface area contributed by atoms with E-state index < -0.39 is 12.7 Å². The Hall–Kier alpha value is -2.41. The van der Waals surface area contributed by atoms with E-state index in [1.807, 2.05) is 6.92 Å². The maximum Gasteiger partial charge on any atom is 0.387 e. The molecule has 0 aliphatic rings. The third-order valence-electron chi connectivity index (χ3n) is 3.70. The maximum absolute atomic E-state index is 12.2. The van der Waals surface area contributed by atoms with Crippen LogP contribution in [0.3, 0.4) is 0 Å². The number of carbonyl (C=O) groups is 1. The highest BCUT2D eigenvalue weighted by Crippen LogP contribution is 2.19. The van der Waals surface area contributed by atoms with Crippen LogP contribution in [0.2, 0.25) is 0 Å². The summed E-state index contributed by atoms with van der Waals surface area (Å²) in [4.78, 5) is 16.1. The number of furan rings is 1. The normalized spacial score (nSPS) is 12.1. The van der Waals surface area contributed by atoms with Crippen molar-refractivity contribution in [3.8, 4) is 5.75 Å². The van der Waals surface area contributed by atoms with E-state index in [1.54, 1.807) is 12.1 Å². The molecule has 0 fully saturated rings. The molecule has 4 N–H and O–H groups in total. The van der Waals surface area contributed by atoms with Gasteiger partial charge in [0.25, 0.3) is 5.91 Å². The average molecular weight is 538 g/mol. The van der Waals surface area contributed by atoms with Crippen molar-refractivity contribution in [1.29, 1.82) is 0 Å². The molecule has 1 heterocycles. The minimum atomic E-state index is -2.90. The molecule has 1 unspecified atom stereocenters. The first kappa shape index (κ1) is 25.6. The molecule has 166 valence electrons.